The van der Waals surface area contributed by atoms with Gasteiger partial charge in [-0.05, 0) is 75.4 Å². The quantitative estimate of drug-likeness (QED) is 0.134. The maximum absolute atomic E-state index is 12.0. The largest absolute Gasteiger partial charge is 0.522 e. The highest BCUT2D eigenvalue weighted by Gasteiger charge is 2.44. The van der Waals surface area contributed by atoms with Gasteiger partial charge < -0.3 is 39.2 Å². The number of halogens is 4. The van der Waals surface area contributed by atoms with E-state index in [-0.39, 0.29) is 30.5 Å². The molecule has 17 heteroatoms. The predicted octanol–water partition coefficient (Wildman–Crippen LogP) is 6.36. The Balaban J connectivity index is 0.000000687. The maximum atomic E-state index is 12.0. The van der Waals surface area contributed by atoms with Crippen LogP contribution < -0.4 is 0 Å². The Bertz CT molecular complexity index is 1350. The number of aliphatic hydroxyl groups excluding tert-OH is 1. The van der Waals surface area contributed by atoms with Crippen LogP contribution in [0.25, 0.3) is 0 Å². The molecule has 0 bridgehead atoms. The van der Waals surface area contributed by atoms with Gasteiger partial charge in [-0.25, -0.2) is 4.79 Å². The van der Waals surface area contributed by atoms with E-state index in [0.29, 0.717) is 19.6 Å². The minimum Gasteiger partial charge on any atom is -0.508 e. The summed E-state index contributed by atoms with van der Waals surface area (Å²) in [6.45, 7) is 8.63. The number of aromatic hydroxyl groups is 2. The number of amides is 1. The van der Waals surface area contributed by atoms with Crippen LogP contribution in [0.3, 0.4) is 0 Å². The van der Waals surface area contributed by atoms with Crippen LogP contribution >= 0.6 is 15.9 Å². The molecule has 0 radical (unpaired) electrons. The lowest BCUT2D eigenvalue weighted by atomic mass is 9.96. The van der Waals surface area contributed by atoms with Crippen molar-refractivity contribution in [2.45, 2.75) is 76.9 Å². The SMILES string of the molecule is CCCC(OC)OC.CN(CC1OCCc2cccc(O)c21)C(=O)OC(C)(C)C.O=S(=O)(O)C(F)(F)F.OCCc1cc(O)ccc1Br. The topological polar surface area (TPSA) is 172 Å². The van der Waals surface area contributed by atoms with Gasteiger partial charge in [-0.1, -0.05) is 41.4 Å². The van der Waals surface area contributed by atoms with E-state index in [4.69, 9.17) is 42.1 Å². The summed E-state index contributed by atoms with van der Waals surface area (Å²) in [5.41, 5.74) is -3.29. The third-order valence-corrected chi connectivity index (χ3v) is 7.44. The third kappa shape index (κ3) is 17.6. The van der Waals surface area contributed by atoms with Crippen molar-refractivity contribution in [2.24, 2.45) is 0 Å². The fourth-order valence-corrected chi connectivity index (χ4v) is 4.28. The van der Waals surface area contributed by atoms with Gasteiger partial charge in [-0.15, -0.1) is 0 Å². The molecular weight excluding hydrogens is 731 g/mol. The van der Waals surface area contributed by atoms with E-state index in [1.54, 1.807) is 45.5 Å². The standard InChI is InChI=1S/C16H23NO4.C8H9BrO2.C6H14O2.CHF3O3S/c1-16(2,3)21-15(19)17(4)10-13-14-11(8-9-20-13)6-5-7-12(14)18;9-8-2-1-7(11)5-6(8)3-4-10;1-4-5-6(7-2)8-3;2-1(3,4)8(5,6)7/h5-7,13,18H,8-10H2,1-4H3;1-2,5,10-11H,3-4H2;6H,4-5H2,1-3H3;(H,5,6,7). The predicted molar refractivity (Wildman–Crippen MR) is 176 cm³/mol. The molecule has 0 fully saturated rings. The lowest BCUT2D eigenvalue weighted by Gasteiger charge is -2.31. The number of alkyl halides is 3. The molecule has 1 amide bonds. The normalized spacial score (nSPS) is 14.2. The molecule has 48 heavy (non-hydrogen) atoms. The molecule has 2 aromatic rings. The van der Waals surface area contributed by atoms with Crippen molar-refractivity contribution in [1.82, 2.24) is 4.90 Å². The molecule has 2 aromatic carbocycles. The molecule has 1 aliphatic heterocycles. The molecule has 1 unspecified atom stereocenters. The highest BCUT2D eigenvalue weighted by Crippen LogP contribution is 2.34. The van der Waals surface area contributed by atoms with Gasteiger partial charge in [0, 0.05) is 37.9 Å². The van der Waals surface area contributed by atoms with Crippen molar-refractivity contribution in [3.63, 3.8) is 0 Å². The number of methoxy groups -OCH3 is 2. The van der Waals surface area contributed by atoms with Crippen molar-refractivity contribution in [3.05, 3.63) is 57.6 Å². The Morgan fingerprint density at radius 1 is 1.12 bits per heavy atom. The van der Waals surface area contributed by atoms with Crippen molar-refractivity contribution < 1.29 is 65.2 Å². The molecule has 0 saturated carbocycles. The van der Waals surface area contributed by atoms with Gasteiger partial charge in [0.05, 0.1) is 13.2 Å². The summed E-state index contributed by atoms with van der Waals surface area (Å²) in [5.74, 6) is 0.450. The average Bonchev–Trinajstić information content (AvgIpc) is 2.97. The molecule has 12 nitrogen and oxygen atoms in total. The van der Waals surface area contributed by atoms with Crippen LogP contribution in [0.4, 0.5) is 18.0 Å². The Kier molecular flexibility index (Phi) is 20.2. The first kappa shape index (κ1) is 45.3. The number of phenolic OH excluding ortho intramolecular Hbond substituents is 2. The molecular formula is C31H47BrF3NO11S. The zero-order chi connectivity index (χ0) is 37.3. The first-order chi connectivity index (χ1) is 22.1. The number of nitrogens with zero attached hydrogens (tertiary/aromatic N) is 1. The van der Waals surface area contributed by atoms with E-state index in [1.807, 2.05) is 32.9 Å². The van der Waals surface area contributed by atoms with E-state index in [9.17, 15) is 23.1 Å². The fourth-order valence-electron chi connectivity index (χ4n) is 3.83. The number of carbonyl (C=O) groups is 1. The zero-order valence-electron chi connectivity index (χ0n) is 28.1. The number of carbonyl (C=O) groups excluding carboxylic acids is 1. The molecule has 1 aliphatic rings. The second kappa shape index (κ2) is 21.4. The van der Waals surface area contributed by atoms with Crippen LogP contribution in [0.5, 0.6) is 11.5 Å². The third-order valence-electron chi connectivity index (χ3n) is 6.08. The highest BCUT2D eigenvalue weighted by molar-refractivity contribution is 9.10. The van der Waals surface area contributed by atoms with Gasteiger partial charge >= 0.3 is 21.7 Å². The number of fused-ring (bicyclic) bond motifs is 1. The van der Waals surface area contributed by atoms with Crippen LogP contribution in [-0.4, -0.2) is 97.7 Å². The number of hydrogen-bond donors (Lipinski definition) is 4. The molecule has 0 saturated heterocycles. The zero-order valence-corrected chi connectivity index (χ0v) is 30.5. The first-order valence-corrected chi connectivity index (χ1v) is 16.9. The first-order valence-electron chi connectivity index (χ1n) is 14.7. The molecule has 1 atom stereocenters. The van der Waals surface area contributed by atoms with Gasteiger partial charge in [-0.3, -0.25) is 4.55 Å². The Morgan fingerprint density at radius 2 is 1.71 bits per heavy atom. The Morgan fingerprint density at radius 3 is 2.17 bits per heavy atom. The van der Waals surface area contributed by atoms with E-state index < -0.39 is 27.3 Å². The minimum absolute atomic E-state index is 0.000000000000000444. The summed E-state index contributed by atoms with van der Waals surface area (Å²) < 4.78 is 79.4. The smallest absolute Gasteiger partial charge is 0.508 e. The van der Waals surface area contributed by atoms with Crippen LogP contribution in [0.15, 0.2) is 40.9 Å². The van der Waals surface area contributed by atoms with Crippen LogP contribution in [0.1, 0.15) is 63.3 Å². The lowest BCUT2D eigenvalue weighted by molar-refractivity contribution is -0.106. The number of hydrogen-bond acceptors (Lipinski definition) is 10. The summed E-state index contributed by atoms with van der Waals surface area (Å²) in [5, 5.41) is 27.7. The lowest BCUT2D eigenvalue weighted by Crippen LogP contribution is -2.37. The van der Waals surface area contributed by atoms with Gasteiger partial charge in [0.15, 0.2) is 6.29 Å². The molecule has 1 heterocycles. The molecule has 0 aliphatic carbocycles. The molecule has 0 aromatic heterocycles. The maximum Gasteiger partial charge on any atom is 0.522 e. The average molecular weight is 779 g/mol. The van der Waals surface area contributed by atoms with E-state index in [1.165, 1.54) is 4.90 Å². The summed E-state index contributed by atoms with van der Waals surface area (Å²) in [6.07, 6.45) is 2.70. The number of rotatable bonds is 8. The summed E-state index contributed by atoms with van der Waals surface area (Å²) >= 11 is 3.31. The van der Waals surface area contributed by atoms with Gasteiger partial charge in [0.1, 0.15) is 23.2 Å². The molecule has 4 N–H and O–H groups in total. The van der Waals surface area contributed by atoms with Crippen molar-refractivity contribution in [3.8, 4) is 11.5 Å². The fraction of sp³-hybridized carbons (Fsp3) is 0.581. The van der Waals surface area contributed by atoms with E-state index in [2.05, 4.69) is 22.9 Å². The van der Waals surface area contributed by atoms with E-state index in [0.717, 1.165) is 40.4 Å². The van der Waals surface area contributed by atoms with Gasteiger partial charge in [0.2, 0.25) is 0 Å². The van der Waals surface area contributed by atoms with Crippen molar-refractivity contribution in [2.75, 3.05) is 41.0 Å². The summed E-state index contributed by atoms with van der Waals surface area (Å²) in [6, 6.07) is 10.5. The Labute approximate surface area is 288 Å². The second-order valence-corrected chi connectivity index (χ2v) is 13.4. The number of likely N-dealkylation sites (N-methyl/N-ethyl adjacent to an activating group) is 1. The minimum atomic E-state index is -5.84. The number of aliphatic hydroxyl groups is 1. The van der Waals surface area contributed by atoms with Crippen LogP contribution in [-0.2, 0) is 41.9 Å². The number of phenols is 2. The number of benzene rings is 2. The van der Waals surface area contributed by atoms with Gasteiger partial charge in [0.25, 0.3) is 0 Å². The number of ether oxygens (including phenoxy) is 4. The van der Waals surface area contributed by atoms with Crippen LogP contribution in [0.2, 0.25) is 0 Å². The van der Waals surface area contributed by atoms with Gasteiger partial charge in [-0.2, -0.15) is 21.6 Å². The molecule has 276 valence electrons. The van der Waals surface area contributed by atoms with E-state index >= 15 is 0 Å². The highest BCUT2D eigenvalue weighted by atomic mass is 79.9. The summed E-state index contributed by atoms with van der Waals surface area (Å²) in [4.78, 5) is 13.5. The molecule has 0 spiro atoms. The Hall–Kier alpha value is -2.67. The monoisotopic (exact) mass is 777 g/mol. The van der Waals surface area contributed by atoms with Crippen molar-refractivity contribution in [1.29, 1.82) is 0 Å². The summed E-state index contributed by atoms with van der Waals surface area (Å²) in [7, 11) is -0.855. The molecule has 3 rings (SSSR count). The van der Waals surface area contributed by atoms with Crippen molar-refractivity contribution >= 4 is 32.1 Å². The second-order valence-electron chi connectivity index (χ2n) is 11.2. The van der Waals surface area contributed by atoms with Crippen LogP contribution in [0, 0.1) is 0 Å².